The molecule has 0 aliphatic heterocycles. The molecule has 0 aromatic heterocycles. The second-order valence-corrected chi connectivity index (χ2v) is 3.84. The molecule has 0 unspecified atom stereocenters. The van der Waals surface area contributed by atoms with E-state index < -0.39 is 0 Å². The van der Waals surface area contributed by atoms with Gasteiger partial charge in [-0.3, -0.25) is 0 Å². The summed E-state index contributed by atoms with van der Waals surface area (Å²) in [6, 6.07) is 7.75. The number of rotatable bonds is 0. The van der Waals surface area contributed by atoms with Gasteiger partial charge in [-0.2, -0.15) is 5.26 Å². The Morgan fingerprint density at radius 2 is 2.20 bits per heavy atom. The molecule has 0 amide bonds. The van der Waals surface area contributed by atoms with E-state index in [1.807, 2.05) is 18.2 Å². The molecule has 1 rings (SSSR count). The van der Waals surface area contributed by atoms with Crippen molar-refractivity contribution in [1.29, 1.82) is 5.26 Å². The van der Waals surface area contributed by atoms with Crippen molar-refractivity contribution in [2.45, 2.75) is 0 Å². The molecule has 0 bridgehead atoms. The third kappa shape index (κ3) is 1.70. The third-order valence-corrected chi connectivity index (χ3v) is 2.41. The van der Waals surface area contributed by atoms with Gasteiger partial charge in [-0.25, -0.2) is 0 Å². The van der Waals surface area contributed by atoms with Crippen LogP contribution in [0, 0.1) is 14.9 Å². The summed E-state index contributed by atoms with van der Waals surface area (Å²) in [5, 5.41) is 8.56. The van der Waals surface area contributed by atoms with Gasteiger partial charge in [0.05, 0.1) is 5.56 Å². The van der Waals surface area contributed by atoms with E-state index >= 15 is 0 Å². The van der Waals surface area contributed by atoms with Crippen molar-refractivity contribution >= 4 is 38.5 Å². The minimum Gasteiger partial charge on any atom is -0.192 e. The van der Waals surface area contributed by atoms with Crippen LogP contribution in [-0.4, -0.2) is 0 Å². The molecule has 10 heavy (non-hydrogen) atoms. The molecular formula is C7H3BrIN. The fraction of sp³-hybridized carbons (Fsp3) is 0. The van der Waals surface area contributed by atoms with E-state index in [2.05, 4.69) is 44.6 Å². The molecule has 0 fully saturated rings. The summed E-state index contributed by atoms with van der Waals surface area (Å²) in [4.78, 5) is 0. The van der Waals surface area contributed by atoms with Gasteiger partial charge < -0.3 is 0 Å². The molecule has 0 atom stereocenters. The molecule has 3 heteroatoms. The highest BCUT2D eigenvalue weighted by Crippen LogP contribution is 2.17. The van der Waals surface area contributed by atoms with E-state index in [-0.39, 0.29) is 0 Å². The Morgan fingerprint density at radius 1 is 1.50 bits per heavy atom. The summed E-state index contributed by atoms with van der Waals surface area (Å²) in [6.45, 7) is 0. The quantitative estimate of drug-likeness (QED) is 0.676. The zero-order valence-corrected chi connectivity index (χ0v) is 8.68. The van der Waals surface area contributed by atoms with Gasteiger partial charge in [0.2, 0.25) is 0 Å². The minimum atomic E-state index is 0.687. The van der Waals surface area contributed by atoms with Crippen LogP contribution >= 0.6 is 38.5 Å². The summed E-state index contributed by atoms with van der Waals surface area (Å²) < 4.78 is 1.94. The van der Waals surface area contributed by atoms with Crippen LogP contribution in [0.25, 0.3) is 0 Å². The fourth-order valence-corrected chi connectivity index (χ4v) is 1.41. The number of hydrogen-bond acceptors (Lipinski definition) is 1. The largest absolute Gasteiger partial charge is 0.192 e. The first-order valence-corrected chi connectivity index (χ1v) is 4.46. The SMILES string of the molecule is N#Cc1cc(I)ccc1Br. The Kier molecular flexibility index (Phi) is 2.69. The van der Waals surface area contributed by atoms with Gasteiger partial charge in [0, 0.05) is 8.04 Å². The molecule has 0 saturated heterocycles. The Labute approximate surface area is 81.3 Å². The lowest BCUT2D eigenvalue weighted by molar-refractivity contribution is 1.45. The zero-order valence-electron chi connectivity index (χ0n) is 4.94. The standard InChI is InChI=1S/C7H3BrIN/c8-7-2-1-6(9)3-5(7)4-10/h1-3H. The maximum Gasteiger partial charge on any atom is 0.100 e. The van der Waals surface area contributed by atoms with Gasteiger partial charge in [0.1, 0.15) is 6.07 Å². The van der Waals surface area contributed by atoms with Gasteiger partial charge in [-0.1, -0.05) is 0 Å². The molecule has 1 aromatic carbocycles. The molecule has 0 radical (unpaired) electrons. The highest BCUT2D eigenvalue weighted by Gasteiger charge is 1.96. The molecule has 1 nitrogen and oxygen atoms in total. The maximum absolute atomic E-state index is 8.56. The van der Waals surface area contributed by atoms with E-state index in [0.29, 0.717) is 5.56 Å². The lowest BCUT2D eigenvalue weighted by Crippen LogP contribution is -1.77. The molecular weight excluding hydrogens is 305 g/mol. The highest BCUT2D eigenvalue weighted by molar-refractivity contribution is 14.1. The smallest absolute Gasteiger partial charge is 0.100 e. The lowest BCUT2D eigenvalue weighted by Gasteiger charge is -1.93. The van der Waals surface area contributed by atoms with Gasteiger partial charge in [-0.05, 0) is 56.7 Å². The minimum absolute atomic E-state index is 0.687. The van der Waals surface area contributed by atoms with Gasteiger partial charge in [0.15, 0.2) is 0 Å². The van der Waals surface area contributed by atoms with E-state index in [4.69, 9.17) is 5.26 Å². The Hall–Kier alpha value is -0.0800. The Morgan fingerprint density at radius 3 is 2.70 bits per heavy atom. The van der Waals surface area contributed by atoms with E-state index in [1.54, 1.807) is 0 Å². The number of benzene rings is 1. The normalized spacial score (nSPS) is 8.90. The summed E-state index contributed by atoms with van der Waals surface area (Å²) in [5.74, 6) is 0. The molecule has 0 saturated carbocycles. The van der Waals surface area contributed by atoms with Crippen molar-refractivity contribution in [3.05, 3.63) is 31.8 Å². The molecule has 0 aliphatic carbocycles. The average molecular weight is 308 g/mol. The van der Waals surface area contributed by atoms with Crippen LogP contribution in [0.15, 0.2) is 22.7 Å². The molecule has 0 N–H and O–H groups in total. The van der Waals surface area contributed by atoms with Crippen molar-refractivity contribution in [2.75, 3.05) is 0 Å². The monoisotopic (exact) mass is 307 g/mol. The fourth-order valence-electron chi connectivity index (χ4n) is 0.583. The summed E-state index contributed by atoms with van der Waals surface area (Å²) in [7, 11) is 0. The van der Waals surface area contributed by atoms with Crippen LogP contribution in [0.5, 0.6) is 0 Å². The molecule has 50 valence electrons. The zero-order chi connectivity index (χ0) is 7.56. The number of nitrogens with zero attached hydrogens (tertiary/aromatic N) is 1. The van der Waals surface area contributed by atoms with Crippen LogP contribution < -0.4 is 0 Å². The number of hydrogen-bond donors (Lipinski definition) is 0. The van der Waals surface area contributed by atoms with Gasteiger partial charge in [-0.15, -0.1) is 0 Å². The topological polar surface area (TPSA) is 23.8 Å². The predicted octanol–water partition coefficient (Wildman–Crippen LogP) is 2.93. The van der Waals surface area contributed by atoms with E-state index in [9.17, 15) is 0 Å². The summed E-state index contributed by atoms with van der Waals surface area (Å²) in [6.07, 6.45) is 0. The molecule has 0 aliphatic rings. The van der Waals surface area contributed by atoms with Gasteiger partial charge >= 0.3 is 0 Å². The van der Waals surface area contributed by atoms with Crippen LogP contribution in [0.2, 0.25) is 0 Å². The Balaban J connectivity index is 3.25. The van der Waals surface area contributed by atoms with Crippen molar-refractivity contribution in [3.63, 3.8) is 0 Å². The second kappa shape index (κ2) is 3.35. The maximum atomic E-state index is 8.56. The van der Waals surface area contributed by atoms with Crippen molar-refractivity contribution in [2.24, 2.45) is 0 Å². The van der Waals surface area contributed by atoms with Crippen LogP contribution in [0.4, 0.5) is 0 Å². The van der Waals surface area contributed by atoms with E-state index in [1.165, 1.54) is 0 Å². The molecule has 0 heterocycles. The first-order chi connectivity index (χ1) is 4.74. The second-order valence-electron chi connectivity index (χ2n) is 1.74. The Bertz CT molecular complexity index is 290. The van der Waals surface area contributed by atoms with Crippen molar-refractivity contribution < 1.29 is 0 Å². The van der Waals surface area contributed by atoms with Crippen LogP contribution in [-0.2, 0) is 0 Å². The van der Waals surface area contributed by atoms with Crippen molar-refractivity contribution in [1.82, 2.24) is 0 Å². The van der Waals surface area contributed by atoms with Crippen LogP contribution in [0.3, 0.4) is 0 Å². The summed E-state index contributed by atoms with van der Waals surface area (Å²) >= 11 is 5.44. The van der Waals surface area contributed by atoms with Crippen LogP contribution in [0.1, 0.15) is 5.56 Å². The van der Waals surface area contributed by atoms with Gasteiger partial charge in [0.25, 0.3) is 0 Å². The third-order valence-electron chi connectivity index (χ3n) is 1.05. The number of halogens is 2. The lowest BCUT2D eigenvalue weighted by atomic mass is 10.2. The molecule has 1 aromatic rings. The summed E-state index contributed by atoms with van der Waals surface area (Å²) in [5.41, 5.74) is 0.687. The highest BCUT2D eigenvalue weighted by atomic mass is 127. The predicted molar refractivity (Wildman–Crippen MR) is 51.6 cm³/mol. The average Bonchev–Trinajstić information content (AvgIpc) is 1.94. The van der Waals surface area contributed by atoms with Crippen molar-refractivity contribution in [3.8, 4) is 6.07 Å². The first kappa shape index (κ1) is 8.02. The number of nitriles is 1. The first-order valence-electron chi connectivity index (χ1n) is 2.59. The van der Waals surface area contributed by atoms with E-state index in [0.717, 1.165) is 8.04 Å². The molecule has 0 spiro atoms.